The number of aryl methyl sites for hydroxylation is 1. The largest absolute Gasteiger partial charge is 0.389 e. The summed E-state index contributed by atoms with van der Waals surface area (Å²) in [5.74, 6) is 0.226. The average molecular weight is 302 g/mol. The molecule has 1 N–H and O–H groups in total. The molecule has 1 saturated heterocycles. The third-order valence-electron chi connectivity index (χ3n) is 3.45. The topological polar surface area (TPSA) is 58.1 Å². The van der Waals surface area contributed by atoms with Gasteiger partial charge >= 0.3 is 6.18 Å². The highest BCUT2D eigenvalue weighted by molar-refractivity contribution is 5.79. The number of carbonyl (C=O) groups is 1. The summed E-state index contributed by atoms with van der Waals surface area (Å²) in [6, 6.07) is 1.49. The molecule has 1 amide bonds. The van der Waals surface area contributed by atoms with Gasteiger partial charge in [0.25, 0.3) is 0 Å². The van der Waals surface area contributed by atoms with E-state index >= 15 is 0 Å². The molecule has 0 aromatic carbocycles. The molecule has 1 atom stereocenters. The van der Waals surface area contributed by atoms with Crippen LogP contribution in [0.25, 0.3) is 0 Å². The van der Waals surface area contributed by atoms with Crippen LogP contribution in [0.2, 0.25) is 0 Å². The Bertz CT molecular complexity index is 506. The van der Waals surface area contributed by atoms with Gasteiger partial charge in [0.15, 0.2) is 0 Å². The van der Waals surface area contributed by atoms with E-state index in [0.29, 0.717) is 31.2 Å². The van der Waals surface area contributed by atoms with Gasteiger partial charge in [-0.1, -0.05) is 0 Å². The second kappa shape index (κ2) is 6.28. The normalized spacial score (nSPS) is 18.9. The molecular formula is C13H17F3N4O. The van der Waals surface area contributed by atoms with Crippen LogP contribution in [0.5, 0.6) is 0 Å². The Hall–Kier alpha value is -1.86. The molecule has 1 aromatic heterocycles. The molecule has 5 nitrogen and oxygen atoms in total. The third-order valence-corrected chi connectivity index (χ3v) is 3.45. The number of alkyl halides is 3. The van der Waals surface area contributed by atoms with Gasteiger partial charge in [0.2, 0.25) is 11.9 Å². The highest BCUT2D eigenvalue weighted by Crippen LogP contribution is 2.23. The van der Waals surface area contributed by atoms with Crippen LogP contribution >= 0.6 is 0 Å². The van der Waals surface area contributed by atoms with Gasteiger partial charge in [0, 0.05) is 38.4 Å². The van der Waals surface area contributed by atoms with Crippen molar-refractivity contribution in [2.75, 3.05) is 25.0 Å². The van der Waals surface area contributed by atoms with Crippen molar-refractivity contribution in [1.82, 2.24) is 15.3 Å². The Morgan fingerprint density at radius 3 is 2.95 bits per heavy atom. The number of nitrogens with zero attached hydrogens (tertiary/aromatic N) is 3. The number of halogens is 3. The minimum absolute atomic E-state index is 0.0364. The molecule has 0 unspecified atom stereocenters. The second-order valence-electron chi connectivity index (χ2n) is 5.01. The minimum atomic E-state index is -4.19. The molecule has 116 valence electrons. The molecule has 2 rings (SSSR count). The van der Waals surface area contributed by atoms with E-state index < -0.39 is 12.6 Å². The molecule has 1 aliphatic rings. The molecule has 1 aliphatic heterocycles. The van der Waals surface area contributed by atoms with Gasteiger partial charge < -0.3 is 10.2 Å². The predicted octanol–water partition coefficient (Wildman–Crippen LogP) is 1.54. The number of anilines is 1. The molecule has 0 aliphatic carbocycles. The van der Waals surface area contributed by atoms with E-state index in [9.17, 15) is 18.0 Å². The molecule has 0 bridgehead atoms. The Balaban J connectivity index is 2.00. The fourth-order valence-corrected chi connectivity index (χ4v) is 2.31. The van der Waals surface area contributed by atoms with E-state index in [1.54, 1.807) is 7.05 Å². The third kappa shape index (κ3) is 4.30. The van der Waals surface area contributed by atoms with Crippen LogP contribution in [0.1, 0.15) is 18.5 Å². The second-order valence-corrected chi connectivity index (χ2v) is 5.01. The van der Waals surface area contributed by atoms with Gasteiger partial charge in [0.05, 0.1) is 5.92 Å². The van der Waals surface area contributed by atoms with Gasteiger partial charge in [0.1, 0.15) is 0 Å². The summed E-state index contributed by atoms with van der Waals surface area (Å²) in [4.78, 5) is 21.6. The number of amides is 1. The maximum Gasteiger partial charge on any atom is 0.389 e. The maximum atomic E-state index is 12.2. The number of carbonyl (C=O) groups excluding carboxylic acids is 1. The summed E-state index contributed by atoms with van der Waals surface area (Å²) in [5.41, 5.74) is 0.362. The lowest BCUT2D eigenvalue weighted by molar-refractivity contribution is -0.134. The van der Waals surface area contributed by atoms with E-state index in [1.165, 1.54) is 12.3 Å². The van der Waals surface area contributed by atoms with Crippen LogP contribution < -0.4 is 10.2 Å². The molecular weight excluding hydrogens is 285 g/mol. The molecule has 2 heterocycles. The number of hydrogen-bond donors (Lipinski definition) is 1. The van der Waals surface area contributed by atoms with E-state index in [0.717, 1.165) is 0 Å². The highest BCUT2D eigenvalue weighted by Gasteiger charge is 2.30. The van der Waals surface area contributed by atoms with Crippen LogP contribution in [-0.2, 0) is 11.2 Å². The molecule has 0 spiro atoms. The fourth-order valence-electron chi connectivity index (χ4n) is 2.31. The van der Waals surface area contributed by atoms with Gasteiger partial charge in [-0.25, -0.2) is 9.97 Å². The van der Waals surface area contributed by atoms with Crippen molar-refractivity contribution in [2.24, 2.45) is 5.92 Å². The van der Waals surface area contributed by atoms with Crippen molar-refractivity contribution in [2.45, 2.75) is 25.4 Å². The summed E-state index contributed by atoms with van der Waals surface area (Å²) in [7, 11) is 1.58. The number of nitrogens with one attached hydrogen (secondary N) is 1. The van der Waals surface area contributed by atoms with Crippen LogP contribution in [0.4, 0.5) is 19.1 Å². The van der Waals surface area contributed by atoms with Crippen molar-refractivity contribution < 1.29 is 18.0 Å². The van der Waals surface area contributed by atoms with Crippen molar-refractivity contribution in [3.8, 4) is 0 Å². The first-order chi connectivity index (χ1) is 9.89. The highest BCUT2D eigenvalue weighted by atomic mass is 19.4. The first-order valence-electron chi connectivity index (χ1n) is 6.74. The zero-order valence-corrected chi connectivity index (χ0v) is 11.7. The first-order valence-corrected chi connectivity index (χ1v) is 6.74. The van der Waals surface area contributed by atoms with E-state index in [1.807, 2.05) is 4.90 Å². The van der Waals surface area contributed by atoms with E-state index in [-0.39, 0.29) is 18.2 Å². The zero-order valence-electron chi connectivity index (χ0n) is 11.7. The van der Waals surface area contributed by atoms with Gasteiger partial charge in [-0.2, -0.15) is 13.2 Å². The smallest absolute Gasteiger partial charge is 0.359 e. The van der Waals surface area contributed by atoms with Crippen LogP contribution in [0.3, 0.4) is 0 Å². The molecule has 1 aromatic rings. The van der Waals surface area contributed by atoms with Crippen molar-refractivity contribution in [3.63, 3.8) is 0 Å². The number of rotatable bonds is 4. The average Bonchev–Trinajstić information content (AvgIpc) is 2.94. The monoisotopic (exact) mass is 302 g/mol. The summed E-state index contributed by atoms with van der Waals surface area (Å²) in [5, 5.41) is 2.60. The Morgan fingerprint density at radius 1 is 1.52 bits per heavy atom. The van der Waals surface area contributed by atoms with Crippen LogP contribution in [0, 0.1) is 5.92 Å². The van der Waals surface area contributed by atoms with Gasteiger partial charge in [-0.3, -0.25) is 4.79 Å². The maximum absolute atomic E-state index is 12.2. The summed E-state index contributed by atoms with van der Waals surface area (Å²) in [6.45, 7) is 1.11. The lowest BCUT2D eigenvalue weighted by Crippen LogP contribution is -2.30. The fraction of sp³-hybridized carbons (Fsp3) is 0.615. The summed E-state index contributed by atoms with van der Waals surface area (Å²) < 4.78 is 36.7. The summed E-state index contributed by atoms with van der Waals surface area (Å²) in [6.07, 6.45) is -3.10. The molecule has 0 saturated carbocycles. The zero-order chi connectivity index (χ0) is 15.5. The van der Waals surface area contributed by atoms with Crippen molar-refractivity contribution >= 4 is 11.9 Å². The van der Waals surface area contributed by atoms with Crippen LogP contribution in [-0.4, -0.2) is 42.2 Å². The van der Waals surface area contributed by atoms with Crippen molar-refractivity contribution in [3.05, 3.63) is 18.0 Å². The Labute approximate surface area is 120 Å². The van der Waals surface area contributed by atoms with Crippen LogP contribution in [0.15, 0.2) is 12.3 Å². The summed E-state index contributed by atoms with van der Waals surface area (Å²) >= 11 is 0. The number of aromatic nitrogens is 2. The van der Waals surface area contributed by atoms with Gasteiger partial charge in [-0.15, -0.1) is 0 Å². The molecule has 0 radical (unpaired) electrons. The number of hydrogen-bond acceptors (Lipinski definition) is 4. The van der Waals surface area contributed by atoms with Crippen molar-refractivity contribution in [1.29, 1.82) is 0 Å². The van der Waals surface area contributed by atoms with E-state index in [2.05, 4.69) is 15.3 Å². The first kappa shape index (κ1) is 15.5. The Morgan fingerprint density at radius 2 is 2.29 bits per heavy atom. The quantitative estimate of drug-likeness (QED) is 0.916. The molecule has 8 heteroatoms. The predicted molar refractivity (Wildman–Crippen MR) is 70.8 cm³/mol. The van der Waals surface area contributed by atoms with Gasteiger partial charge in [-0.05, 0) is 18.9 Å². The lowest BCUT2D eigenvalue weighted by Gasteiger charge is -2.16. The Kier molecular flexibility index (Phi) is 4.64. The van der Waals surface area contributed by atoms with E-state index in [4.69, 9.17) is 0 Å². The lowest BCUT2D eigenvalue weighted by atomic mass is 10.1. The molecule has 1 fully saturated rings. The molecule has 21 heavy (non-hydrogen) atoms. The minimum Gasteiger partial charge on any atom is -0.359 e. The SMILES string of the molecule is CNC(=O)[C@@H]1CCN(c2nccc(CCC(F)(F)F)n2)C1. The standard InChI is InChI=1S/C13H17F3N4O/c1-17-11(21)9-4-7-20(8-9)12-18-6-3-10(19-12)2-5-13(14,15)16/h3,6,9H,2,4-5,7-8H2,1H3,(H,17,21)/t9-/m1/s1.